The molecule has 0 spiro atoms. The molecule has 1 aromatic rings. The van der Waals surface area contributed by atoms with Crippen molar-refractivity contribution in [1.29, 1.82) is 0 Å². The third-order valence-electron chi connectivity index (χ3n) is 5.33. The van der Waals surface area contributed by atoms with Crippen molar-refractivity contribution in [3.05, 3.63) is 29.8 Å². The lowest BCUT2D eigenvalue weighted by Crippen LogP contribution is -2.74. The van der Waals surface area contributed by atoms with Crippen LogP contribution in [-0.4, -0.2) is 71.7 Å². The van der Waals surface area contributed by atoms with E-state index in [0.29, 0.717) is 0 Å². The molecule has 0 aliphatic rings. The molecular weight excluding hydrogens is 685 g/mol. The molecule has 0 fully saturated rings. The van der Waals surface area contributed by atoms with Crippen LogP contribution in [0.4, 0.5) is 101 Å². The van der Waals surface area contributed by atoms with Crippen LogP contribution in [0.2, 0.25) is 0 Å². The molecule has 0 aromatic heterocycles. The second-order valence-electron chi connectivity index (χ2n) is 8.16. The van der Waals surface area contributed by atoms with Gasteiger partial charge in [-0.3, -0.25) is 0 Å². The van der Waals surface area contributed by atoms with E-state index in [1.165, 1.54) is 0 Å². The van der Waals surface area contributed by atoms with E-state index >= 15 is 0 Å². The molecule has 252 valence electrons. The van der Waals surface area contributed by atoms with Crippen LogP contribution in [-0.2, 0) is 10.3 Å². The van der Waals surface area contributed by atoms with Crippen molar-refractivity contribution in [2.75, 3.05) is 6.61 Å². The van der Waals surface area contributed by atoms with Crippen LogP contribution in [0.25, 0.3) is 0 Å². The van der Waals surface area contributed by atoms with Gasteiger partial charge in [0.1, 0.15) is 12.4 Å². The van der Waals surface area contributed by atoms with Crippen LogP contribution < -0.4 is 0 Å². The summed E-state index contributed by atoms with van der Waals surface area (Å²) in [6.07, 6.45) is -22.3. The van der Waals surface area contributed by atoms with Crippen molar-refractivity contribution in [3.8, 4) is 5.75 Å². The smallest absolute Gasteiger partial charge is 0.460 e. The molecule has 25 heteroatoms. The highest BCUT2D eigenvalue weighted by Gasteiger charge is 2.95. The molecule has 0 saturated heterocycles. The summed E-state index contributed by atoms with van der Waals surface area (Å²) >= 11 is 0. The van der Waals surface area contributed by atoms with Crippen LogP contribution in [0.5, 0.6) is 5.75 Å². The van der Waals surface area contributed by atoms with E-state index in [4.69, 9.17) is 5.11 Å². The van der Waals surface area contributed by atoms with Gasteiger partial charge in [0, 0.05) is 5.56 Å². The Hall–Kier alpha value is -2.63. The predicted molar refractivity (Wildman–Crippen MR) is 88.5 cm³/mol. The van der Waals surface area contributed by atoms with Crippen molar-refractivity contribution in [1.82, 2.24) is 0 Å². The monoisotopic (exact) mass is 692 g/mol. The molecule has 0 unspecified atom stereocenters. The molecule has 0 radical (unpaired) electrons. The first kappa shape index (κ1) is 38.4. The maximum atomic E-state index is 14.0. The molecule has 0 amide bonds. The number of ether oxygens (including phenoxy) is 1. The van der Waals surface area contributed by atoms with Crippen molar-refractivity contribution in [2.24, 2.45) is 0 Å². The molecule has 0 aliphatic carbocycles. The summed E-state index contributed by atoms with van der Waals surface area (Å²) in [7, 11) is 0. The molecule has 0 saturated carbocycles. The number of phenols is 1. The molecule has 0 atom stereocenters. The zero-order valence-electron chi connectivity index (χ0n) is 19.1. The summed E-state index contributed by atoms with van der Waals surface area (Å²) in [5, 5.41) is 8.98. The Kier molecular flexibility index (Phi) is 9.11. The van der Waals surface area contributed by atoms with Crippen LogP contribution in [0.15, 0.2) is 24.3 Å². The van der Waals surface area contributed by atoms with Gasteiger partial charge in [-0.05, 0) is 12.1 Å². The summed E-state index contributed by atoms with van der Waals surface area (Å²) < 4.78 is 310. The topological polar surface area (TPSA) is 29.5 Å². The molecule has 1 aromatic carbocycles. The number of hydrogen-bond acceptors (Lipinski definition) is 2. The normalized spacial score (nSPS) is 16.1. The van der Waals surface area contributed by atoms with Gasteiger partial charge in [0.05, 0.1) is 0 Å². The van der Waals surface area contributed by atoms with Gasteiger partial charge in [-0.15, -0.1) is 0 Å². The van der Waals surface area contributed by atoms with Gasteiger partial charge in [0.2, 0.25) is 0 Å². The fraction of sp³-hybridized carbons (Fsp3) is 0.667. The van der Waals surface area contributed by atoms with Gasteiger partial charge in [-0.2, -0.15) is 101 Å². The second kappa shape index (κ2) is 10.2. The van der Waals surface area contributed by atoms with Crippen LogP contribution >= 0.6 is 0 Å². The van der Waals surface area contributed by atoms with Gasteiger partial charge < -0.3 is 9.84 Å². The molecule has 0 bridgehead atoms. The largest absolute Gasteiger partial charge is 0.508 e. The minimum absolute atomic E-state index is 0.0502. The van der Waals surface area contributed by atoms with Crippen molar-refractivity contribution >= 4 is 0 Å². The predicted octanol–water partition coefficient (Wildman–Crippen LogP) is 8.74. The Morgan fingerprint density at radius 3 is 1.02 bits per heavy atom. The van der Waals surface area contributed by atoms with E-state index in [2.05, 4.69) is 4.74 Å². The Morgan fingerprint density at radius 2 is 0.721 bits per heavy atom. The molecule has 1 N–H and O–H groups in total. The molecule has 43 heavy (non-hydrogen) atoms. The minimum Gasteiger partial charge on any atom is -0.508 e. The third kappa shape index (κ3) is 5.35. The van der Waals surface area contributed by atoms with Crippen molar-refractivity contribution in [2.45, 2.75) is 65.6 Å². The quantitative estimate of drug-likeness (QED) is 0.249. The van der Waals surface area contributed by atoms with E-state index in [1.807, 2.05) is 0 Å². The number of alkyl halides is 23. The van der Waals surface area contributed by atoms with E-state index in [9.17, 15) is 101 Å². The summed E-state index contributed by atoms with van der Waals surface area (Å²) in [6, 6.07) is -0.964. The van der Waals surface area contributed by atoms with Crippen LogP contribution in [0.3, 0.4) is 0 Å². The fourth-order valence-electron chi connectivity index (χ4n) is 2.92. The lowest BCUT2D eigenvalue weighted by Gasteiger charge is -2.43. The minimum atomic E-state index is -9.10. The molecule has 0 heterocycles. The Morgan fingerprint density at radius 1 is 0.419 bits per heavy atom. The molecular formula is C18H7F23O2. The highest BCUT2D eigenvalue weighted by Crippen LogP contribution is 2.64. The third-order valence-corrected chi connectivity index (χ3v) is 5.33. The van der Waals surface area contributed by atoms with E-state index in [1.54, 1.807) is 0 Å². The number of hydrogen-bond donors (Lipinski definition) is 1. The average molecular weight is 692 g/mol. The Labute approximate surface area is 220 Å². The highest BCUT2D eigenvalue weighted by molar-refractivity contribution is 5.33. The number of phenolic OH excluding ortho intramolecular Hbond substituents is 1. The number of rotatable bonds is 10. The zero-order chi connectivity index (χ0) is 34.9. The first-order valence-corrected chi connectivity index (χ1v) is 9.74. The summed E-state index contributed by atoms with van der Waals surface area (Å²) in [5.74, 6) is -61.9. The van der Waals surface area contributed by atoms with Gasteiger partial charge in [0.25, 0.3) is 5.60 Å². The van der Waals surface area contributed by atoms with Gasteiger partial charge in [0.15, 0.2) is 0 Å². The van der Waals surface area contributed by atoms with Crippen molar-refractivity contribution in [3.63, 3.8) is 0 Å². The fourth-order valence-corrected chi connectivity index (χ4v) is 2.92. The van der Waals surface area contributed by atoms with Crippen LogP contribution in [0, 0.1) is 0 Å². The van der Waals surface area contributed by atoms with Gasteiger partial charge in [-0.1, -0.05) is 12.1 Å². The standard InChI is InChI=1S/C18H7F23O2/c19-8(20,5-43-9(16(33,34)35,17(36,37)38)6-1-3-7(42)4-2-6)10(21,22)11(23,24)12(25,26)13(27,28)14(29,30)15(31,32)18(39,40)41/h1-4,42H,5H2. The molecule has 2 nitrogen and oxygen atoms in total. The first-order chi connectivity index (χ1) is 18.5. The first-order valence-electron chi connectivity index (χ1n) is 9.74. The van der Waals surface area contributed by atoms with E-state index in [-0.39, 0.29) is 12.1 Å². The molecule has 1 rings (SSSR count). The van der Waals surface area contributed by atoms with Gasteiger partial charge in [-0.25, -0.2) is 0 Å². The Balaban J connectivity index is 3.78. The number of aromatic hydroxyl groups is 1. The summed E-state index contributed by atoms with van der Waals surface area (Å²) in [5.41, 5.74) is -8.77. The number of benzene rings is 1. The zero-order valence-corrected chi connectivity index (χ0v) is 19.1. The van der Waals surface area contributed by atoms with Gasteiger partial charge >= 0.3 is 60.0 Å². The average Bonchev–Trinajstić information content (AvgIpc) is 2.77. The highest BCUT2D eigenvalue weighted by atomic mass is 19.4. The lowest BCUT2D eigenvalue weighted by molar-refractivity contribution is -0.465. The van der Waals surface area contributed by atoms with Crippen molar-refractivity contribution < 1.29 is 111 Å². The SMILES string of the molecule is Oc1ccc(C(OCC(F)(F)C(F)(F)C(F)(F)C(F)(F)C(F)(F)C(F)(F)C(F)(F)C(F)(F)F)(C(F)(F)F)C(F)(F)F)cc1. The number of halogens is 23. The summed E-state index contributed by atoms with van der Waals surface area (Å²) in [6.45, 7) is -4.48. The molecule has 0 aliphatic heterocycles. The second-order valence-corrected chi connectivity index (χ2v) is 8.16. The maximum Gasteiger partial charge on any atom is 0.460 e. The maximum absolute atomic E-state index is 14.0. The lowest BCUT2D eigenvalue weighted by atomic mass is 9.88. The van der Waals surface area contributed by atoms with E-state index in [0.717, 1.165) is 0 Å². The Bertz CT molecular complexity index is 1110. The van der Waals surface area contributed by atoms with Crippen LogP contribution in [0.1, 0.15) is 5.56 Å². The summed E-state index contributed by atoms with van der Waals surface area (Å²) in [4.78, 5) is 0. The van der Waals surface area contributed by atoms with E-state index < -0.39 is 95.6 Å².